The second kappa shape index (κ2) is 3.89. The van der Waals surface area contributed by atoms with Gasteiger partial charge in [-0.3, -0.25) is 4.62 Å². The van der Waals surface area contributed by atoms with Gasteiger partial charge in [0.1, 0.15) is 0 Å². The molecule has 0 amide bonds. The number of nitrogens with one attached hydrogen (secondary N) is 1. The molecule has 0 radical (unpaired) electrons. The standard InChI is InChI=1S/C12H8N5O4P/c18-22-19-11-14-9(13-6-7-4-2-1-3-5-7)8-10(15-11)16-12(20-22)17(8)21-22/h1-5H,6H2,(H,13,14,15). The van der Waals surface area contributed by atoms with Crippen molar-refractivity contribution in [2.24, 2.45) is 0 Å². The molecule has 1 N–H and O–H groups in total. The van der Waals surface area contributed by atoms with Gasteiger partial charge in [0.15, 0.2) is 17.0 Å². The van der Waals surface area contributed by atoms with Gasteiger partial charge in [0, 0.05) is 6.54 Å². The van der Waals surface area contributed by atoms with E-state index in [2.05, 4.69) is 20.3 Å². The van der Waals surface area contributed by atoms with Gasteiger partial charge < -0.3 is 14.4 Å². The topological polar surface area (TPSA) is 100 Å². The van der Waals surface area contributed by atoms with Crippen LogP contribution in [0.15, 0.2) is 30.3 Å². The quantitative estimate of drug-likeness (QED) is 0.729. The number of rotatable bonds is 3. The summed E-state index contributed by atoms with van der Waals surface area (Å²) in [5, 5.41) is 3.18. The van der Waals surface area contributed by atoms with E-state index in [9.17, 15) is 4.57 Å². The summed E-state index contributed by atoms with van der Waals surface area (Å²) < 4.78 is 28.8. The van der Waals surface area contributed by atoms with Crippen molar-refractivity contribution in [2.75, 3.05) is 5.32 Å². The second-order valence-corrected chi connectivity index (χ2v) is 6.19. The van der Waals surface area contributed by atoms with E-state index in [1.807, 2.05) is 30.3 Å². The highest BCUT2D eigenvalue weighted by Crippen LogP contribution is 2.54. The lowest BCUT2D eigenvalue weighted by molar-refractivity contribution is 0.247. The number of aromatic nitrogens is 4. The molecule has 7 rings (SSSR count). The van der Waals surface area contributed by atoms with Crippen molar-refractivity contribution in [1.29, 1.82) is 0 Å². The normalized spacial score (nSPS) is 20.5. The molecule has 9 nitrogen and oxygen atoms in total. The molecule has 0 spiro atoms. The van der Waals surface area contributed by atoms with E-state index in [4.69, 9.17) is 13.7 Å². The van der Waals surface area contributed by atoms with Gasteiger partial charge in [0.25, 0.3) is 0 Å². The summed E-state index contributed by atoms with van der Waals surface area (Å²) >= 11 is 0. The Morgan fingerprint density at radius 1 is 1.14 bits per heavy atom. The molecule has 0 fully saturated rings. The number of phosphoric ester groups is 1. The third-order valence-electron chi connectivity index (χ3n) is 3.29. The van der Waals surface area contributed by atoms with Crippen molar-refractivity contribution >= 4 is 24.8 Å². The van der Waals surface area contributed by atoms with E-state index in [-0.39, 0.29) is 12.0 Å². The highest BCUT2D eigenvalue weighted by Gasteiger charge is 2.47. The number of hydrogen-bond acceptors (Lipinski definition) is 8. The number of nitrogens with zero attached hydrogens (tertiary/aromatic N) is 4. The maximum atomic E-state index is 12.1. The van der Waals surface area contributed by atoms with Gasteiger partial charge in [0.2, 0.25) is 0 Å². The summed E-state index contributed by atoms with van der Waals surface area (Å²) in [6.07, 6.45) is 0. The van der Waals surface area contributed by atoms with Crippen LogP contribution in [0.3, 0.4) is 0 Å². The smallest absolute Gasteiger partial charge is 0.364 e. The first-order chi connectivity index (χ1) is 10.7. The predicted molar refractivity (Wildman–Crippen MR) is 74.5 cm³/mol. The largest absolute Gasteiger partial charge is 0.671 e. The summed E-state index contributed by atoms with van der Waals surface area (Å²) in [7, 11) is -3.76. The lowest BCUT2D eigenvalue weighted by Crippen LogP contribution is -2.14. The monoisotopic (exact) mass is 317 g/mol. The van der Waals surface area contributed by atoms with Gasteiger partial charge >= 0.3 is 19.8 Å². The number of phosphoric acid groups is 1. The van der Waals surface area contributed by atoms with Gasteiger partial charge in [-0.15, -0.1) is 4.73 Å². The second-order valence-electron chi connectivity index (χ2n) is 4.77. The average molecular weight is 317 g/mol. The maximum absolute atomic E-state index is 12.1. The Morgan fingerprint density at radius 2 is 2.00 bits per heavy atom. The minimum absolute atomic E-state index is 0.0484. The Hall–Kier alpha value is -2.80. The predicted octanol–water partition coefficient (Wildman–Crippen LogP) is 1.76. The van der Waals surface area contributed by atoms with Crippen molar-refractivity contribution in [3.05, 3.63) is 35.9 Å². The average Bonchev–Trinajstić information content (AvgIpc) is 2.99. The van der Waals surface area contributed by atoms with E-state index < -0.39 is 7.82 Å². The van der Waals surface area contributed by atoms with E-state index in [1.165, 1.54) is 4.73 Å². The zero-order valence-corrected chi connectivity index (χ0v) is 11.9. The van der Waals surface area contributed by atoms with Crippen molar-refractivity contribution in [1.82, 2.24) is 19.7 Å². The first-order valence-electron chi connectivity index (χ1n) is 6.48. The van der Waals surface area contributed by atoms with Crippen LogP contribution in [0.1, 0.15) is 5.56 Å². The number of hydrogen-bond donors (Lipinski definition) is 1. The van der Waals surface area contributed by atoms with Crippen LogP contribution < -0.4 is 19.0 Å². The molecule has 6 bridgehead atoms. The number of benzene rings is 1. The minimum atomic E-state index is -3.76. The number of fused-ring (bicyclic) bond motifs is 1. The van der Waals surface area contributed by atoms with Gasteiger partial charge in [0.05, 0.1) is 0 Å². The van der Waals surface area contributed by atoms with Gasteiger partial charge in [-0.2, -0.15) is 19.5 Å². The van der Waals surface area contributed by atoms with Crippen molar-refractivity contribution < 1.29 is 18.2 Å². The fourth-order valence-corrected chi connectivity index (χ4v) is 3.40. The molecule has 6 heterocycles. The maximum Gasteiger partial charge on any atom is 0.671 e. The summed E-state index contributed by atoms with van der Waals surface area (Å²) in [5.41, 5.74) is 1.90. The SMILES string of the molecule is O=P12Oc3nc(NCc4ccccc4)c4c(n3)nc(n4O1)O2. The molecule has 110 valence electrons. The summed E-state index contributed by atoms with van der Waals surface area (Å²) in [6.45, 7) is 0.547. The minimum Gasteiger partial charge on any atom is -0.364 e. The third-order valence-corrected chi connectivity index (χ3v) is 4.43. The van der Waals surface area contributed by atoms with Crippen LogP contribution in [0, 0.1) is 0 Å². The van der Waals surface area contributed by atoms with Crippen molar-refractivity contribution in [3.63, 3.8) is 0 Å². The fraction of sp³-hybridized carbons (Fsp3) is 0.0833. The molecule has 0 saturated carbocycles. The number of imidazole rings is 1. The lowest BCUT2D eigenvalue weighted by Gasteiger charge is -2.14. The van der Waals surface area contributed by atoms with Crippen LogP contribution >= 0.6 is 7.82 Å². The summed E-state index contributed by atoms with van der Waals surface area (Å²) in [5.74, 6) is 0.472. The Balaban J connectivity index is 1.61. The van der Waals surface area contributed by atoms with Gasteiger partial charge in [-0.05, 0) is 5.56 Å². The molecule has 10 heteroatoms. The van der Waals surface area contributed by atoms with Crippen molar-refractivity contribution in [3.8, 4) is 12.0 Å². The molecule has 1 atom stereocenters. The first-order valence-corrected chi connectivity index (χ1v) is 7.94. The molecule has 0 saturated heterocycles. The molecule has 22 heavy (non-hydrogen) atoms. The van der Waals surface area contributed by atoms with Crippen LogP contribution in [0.2, 0.25) is 0 Å². The molecule has 2 aromatic heterocycles. The molecular weight excluding hydrogens is 309 g/mol. The third kappa shape index (κ3) is 1.59. The molecule has 4 aliphatic rings. The zero-order valence-electron chi connectivity index (χ0n) is 11.0. The highest BCUT2D eigenvalue weighted by molar-refractivity contribution is 7.49. The van der Waals surface area contributed by atoms with Crippen LogP contribution in [0.5, 0.6) is 12.0 Å². The Bertz CT molecular complexity index is 957. The van der Waals surface area contributed by atoms with E-state index in [1.54, 1.807) is 0 Å². The zero-order chi connectivity index (χ0) is 14.7. The highest BCUT2D eigenvalue weighted by atomic mass is 31.2. The Kier molecular flexibility index (Phi) is 2.09. The molecule has 1 aromatic carbocycles. The molecule has 3 aromatic rings. The Morgan fingerprint density at radius 3 is 2.86 bits per heavy atom. The summed E-state index contributed by atoms with van der Waals surface area (Å²) in [4.78, 5) is 12.4. The Labute approximate surface area is 123 Å². The van der Waals surface area contributed by atoms with Gasteiger partial charge in [-0.25, -0.2) is 0 Å². The first kappa shape index (κ1) is 11.8. The molecular formula is C12H8N5O4P. The van der Waals surface area contributed by atoms with Crippen LogP contribution in [0.4, 0.5) is 5.82 Å². The fourth-order valence-electron chi connectivity index (χ4n) is 2.35. The number of anilines is 1. The van der Waals surface area contributed by atoms with Crippen LogP contribution in [-0.4, -0.2) is 19.7 Å². The van der Waals surface area contributed by atoms with Crippen LogP contribution in [0.25, 0.3) is 11.2 Å². The van der Waals surface area contributed by atoms with E-state index in [0.29, 0.717) is 23.5 Å². The van der Waals surface area contributed by atoms with Crippen LogP contribution in [-0.2, 0) is 11.1 Å². The molecule has 4 aliphatic heterocycles. The summed E-state index contributed by atoms with van der Waals surface area (Å²) in [6, 6.07) is 9.78. The van der Waals surface area contributed by atoms with Gasteiger partial charge in [-0.1, -0.05) is 30.3 Å². The molecule has 1 unspecified atom stereocenters. The van der Waals surface area contributed by atoms with E-state index >= 15 is 0 Å². The molecule has 0 aliphatic carbocycles. The van der Waals surface area contributed by atoms with E-state index in [0.717, 1.165) is 5.56 Å². The lowest BCUT2D eigenvalue weighted by atomic mass is 10.2. The van der Waals surface area contributed by atoms with Crippen molar-refractivity contribution in [2.45, 2.75) is 6.54 Å².